The first-order valence-electron chi connectivity index (χ1n) is 7.77. The predicted octanol–water partition coefficient (Wildman–Crippen LogP) is 2.00. The van der Waals surface area contributed by atoms with Crippen molar-refractivity contribution in [1.29, 1.82) is 0 Å². The third kappa shape index (κ3) is 3.60. The number of piperazine rings is 1. The van der Waals surface area contributed by atoms with Gasteiger partial charge >= 0.3 is 0 Å². The summed E-state index contributed by atoms with van der Waals surface area (Å²) in [4.78, 5) is 13.8. The lowest BCUT2D eigenvalue weighted by Crippen LogP contribution is -2.45. The van der Waals surface area contributed by atoms with Crippen LogP contribution in [-0.4, -0.2) is 54.6 Å². The summed E-state index contributed by atoms with van der Waals surface area (Å²) < 4.78 is 0. The maximum atomic E-state index is 4.57. The molecule has 1 saturated heterocycles. The lowest BCUT2D eigenvalue weighted by Gasteiger charge is -2.34. The second-order valence-electron chi connectivity index (χ2n) is 5.49. The lowest BCUT2D eigenvalue weighted by molar-refractivity contribution is 0.311. The molecular formula is C15H27N5. The van der Waals surface area contributed by atoms with Crippen molar-refractivity contribution in [3.05, 3.63) is 11.9 Å². The molecule has 1 aliphatic heterocycles. The Labute approximate surface area is 122 Å². The van der Waals surface area contributed by atoms with E-state index in [-0.39, 0.29) is 0 Å². The van der Waals surface area contributed by atoms with Crippen LogP contribution >= 0.6 is 0 Å². The summed E-state index contributed by atoms with van der Waals surface area (Å²) in [7, 11) is 2.18. The number of rotatable bonds is 6. The summed E-state index contributed by atoms with van der Waals surface area (Å²) in [6, 6.07) is 0. The van der Waals surface area contributed by atoms with E-state index in [1.165, 1.54) is 5.56 Å². The van der Waals surface area contributed by atoms with Crippen LogP contribution in [0.1, 0.15) is 32.3 Å². The molecule has 1 aromatic rings. The van der Waals surface area contributed by atoms with E-state index in [0.717, 1.165) is 63.6 Å². The van der Waals surface area contributed by atoms with Gasteiger partial charge in [-0.2, -0.15) is 0 Å². The first-order valence-corrected chi connectivity index (χ1v) is 7.77. The summed E-state index contributed by atoms with van der Waals surface area (Å²) in [5.74, 6) is 2.16. The van der Waals surface area contributed by atoms with E-state index >= 15 is 0 Å². The second-order valence-corrected chi connectivity index (χ2v) is 5.49. The topological polar surface area (TPSA) is 44.3 Å². The van der Waals surface area contributed by atoms with E-state index in [2.05, 4.69) is 46.0 Å². The third-order valence-corrected chi connectivity index (χ3v) is 3.77. The molecule has 5 heteroatoms. The molecule has 20 heavy (non-hydrogen) atoms. The number of aromatic nitrogens is 2. The zero-order chi connectivity index (χ0) is 14.4. The Kier molecular flexibility index (Phi) is 5.59. The number of nitrogens with one attached hydrogen (secondary N) is 1. The highest BCUT2D eigenvalue weighted by atomic mass is 15.3. The highest BCUT2D eigenvalue weighted by molar-refractivity contribution is 5.59. The van der Waals surface area contributed by atoms with E-state index in [4.69, 9.17) is 0 Å². The maximum Gasteiger partial charge on any atom is 0.137 e. The van der Waals surface area contributed by atoms with Crippen molar-refractivity contribution >= 4 is 11.6 Å². The number of likely N-dealkylation sites (N-methyl/N-ethyl adjacent to an activating group) is 1. The molecule has 0 saturated carbocycles. The minimum atomic E-state index is 0.968. The molecule has 0 radical (unpaired) electrons. The molecule has 112 valence electrons. The van der Waals surface area contributed by atoms with Gasteiger partial charge in [0.2, 0.25) is 0 Å². The van der Waals surface area contributed by atoms with Crippen molar-refractivity contribution in [2.45, 2.75) is 33.1 Å². The summed E-state index contributed by atoms with van der Waals surface area (Å²) in [5, 5.41) is 3.45. The van der Waals surface area contributed by atoms with E-state index < -0.39 is 0 Å². The second kappa shape index (κ2) is 7.43. The van der Waals surface area contributed by atoms with Gasteiger partial charge in [-0.15, -0.1) is 0 Å². The van der Waals surface area contributed by atoms with Crippen molar-refractivity contribution in [3.8, 4) is 0 Å². The Bertz CT molecular complexity index is 413. The van der Waals surface area contributed by atoms with Gasteiger partial charge in [0.1, 0.15) is 18.0 Å². The number of hydrogen-bond donors (Lipinski definition) is 1. The van der Waals surface area contributed by atoms with Crippen LogP contribution in [0.2, 0.25) is 0 Å². The van der Waals surface area contributed by atoms with Crippen LogP contribution in [0.5, 0.6) is 0 Å². The van der Waals surface area contributed by atoms with Crippen LogP contribution in [0.3, 0.4) is 0 Å². The third-order valence-electron chi connectivity index (χ3n) is 3.77. The molecule has 5 nitrogen and oxygen atoms in total. The average Bonchev–Trinajstić information content (AvgIpc) is 2.47. The molecule has 0 atom stereocenters. The Morgan fingerprint density at radius 1 is 1.10 bits per heavy atom. The molecule has 1 fully saturated rings. The molecule has 0 spiro atoms. The number of hydrogen-bond acceptors (Lipinski definition) is 5. The maximum absolute atomic E-state index is 4.57. The molecule has 0 aliphatic carbocycles. The Balaban J connectivity index is 2.21. The van der Waals surface area contributed by atoms with Crippen molar-refractivity contribution in [2.24, 2.45) is 0 Å². The number of anilines is 2. The van der Waals surface area contributed by atoms with Gasteiger partial charge in [0.25, 0.3) is 0 Å². The van der Waals surface area contributed by atoms with Crippen LogP contribution in [0.25, 0.3) is 0 Å². The molecule has 1 aromatic heterocycles. The summed E-state index contributed by atoms with van der Waals surface area (Å²) in [6.45, 7) is 9.67. The first kappa shape index (κ1) is 15.0. The SMILES string of the molecule is CCCNc1ncnc(N2CCN(C)CC2)c1CCC. The first-order chi connectivity index (χ1) is 9.76. The van der Waals surface area contributed by atoms with Crippen LogP contribution in [0, 0.1) is 0 Å². The minimum Gasteiger partial charge on any atom is -0.370 e. The van der Waals surface area contributed by atoms with Crippen molar-refractivity contribution < 1.29 is 0 Å². The monoisotopic (exact) mass is 277 g/mol. The molecule has 0 unspecified atom stereocenters. The fraction of sp³-hybridized carbons (Fsp3) is 0.733. The Hall–Kier alpha value is -1.36. The van der Waals surface area contributed by atoms with E-state index in [1.54, 1.807) is 6.33 Å². The van der Waals surface area contributed by atoms with Gasteiger partial charge in [0, 0.05) is 38.3 Å². The lowest BCUT2D eigenvalue weighted by atomic mass is 10.1. The van der Waals surface area contributed by atoms with Gasteiger partial charge < -0.3 is 15.1 Å². The summed E-state index contributed by atoms with van der Waals surface area (Å²) in [6.07, 6.45) is 4.97. The van der Waals surface area contributed by atoms with E-state index in [9.17, 15) is 0 Å². The van der Waals surface area contributed by atoms with E-state index in [0.29, 0.717) is 0 Å². The largest absolute Gasteiger partial charge is 0.370 e. The van der Waals surface area contributed by atoms with Gasteiger partial charge in [0.05, 0.1) is 0 Å². The molecule has 0 amide bonds. The standard InChI is InChI=1S/C15H27N5/c1-4-6-13-14(16-7-5-2)17-12-18-15(13)20-10-8-19(3)9-11-20/h12H,4-11H2,1-3H3,(H,16,17,18). The van der Waals surface area contributed by atoms with Crippen LogP contribution in [0.4, 0.5) is 11.6 Å². The quantitative estimate of drug-likeness (QED) is 0.861. The van der Waals surface area contributed by atoms with Gasteiger partial charge in [-0.3, -0.25) is 0 Å². The zero-order valence-corrected chi connectivity index (χ0v) is 13.0. The molecular weight excluding hydrogens is 250 g/mol. The molecule has 1 N–H and O–H groups in total. The Morgan fingerprint density at radius 2 is 1.85 bits per heavy atom. The van der Waals surface area contributed by atoms with E-state index in [1.807, 2.05) is 0 Å². The molecule has 0 bridgehead atoms. The minimum absolute atomic E-state index is 0.968. The van der Waals surface area contributed by atoms with Gasteiger partial charge in [-0.25, -0.2) is 9.97 Å². The van der Waals surface area contributed by atoms with Crippen molar-refractivity contribution in [3.63, 3.8) is 0 Å². The van der Waals surface area contributed by atoms with Gasteiger partial charge in [-0.05, 0) is 19.9 Å². The predicted molar refractivity (Wildman–Crippen MR) is 84.5 cm³/mol. The van der Waals surface area contributed by atoms with Gasteiger partial charge in [0.15, 0.2) is 0 Å². The normalized spacial score (nSPS) is 16.4. The highest BCUT2D eigenvalue weighted by Gasteiger charge is 2.20. The highest BCUT2D eigenvalue weighted by Crippen LogP contribution is 2.25. The van der Waals surface area contributed by atoms with Crippen LogP contribution in [0.15, 0.2) is 6.33 Å². The molecule has 1 aliphatic rings. The van der Waals surface area contributed by atoms with Crippen molar-refractivity contribution in [1.82, 2.24) is 14.9 Å². The molecule has 2 rings (SSSR count). The summed E-state index contributed by atoms with van der Waals surface area (Å²) in [5.41, 5.74) is 1.29. The summed E-state index contributed by atoms with van der Waals surface area (Å²) >= 11 is 0. The smallest absolute Gasteiger partial charge is 0.137 e. The molecule has 0 aromatic carbocycles. The number of nitrogens with zero attached hydrogens (tertiary/aromatic N) is 4. The Morgan fingerprint density at radius 3 is 2.50 bits per heavy atom. The van der Waals surface area contributed by atoms with Crippen molar-refractivity contribution in [2.75, 3.05) is 50.0 Å². The van der Waals surface area contributed by atoms with Crippen LogP contribution < -0.4 is 10.2 Å². The zero-order valence-electron chi connectivity index (χ0n) is 13.0. The fourth-order valence-corrected chi connectivity index (χ4v) is 2.57. The fourth-order valence-electron chi connectivity index (χ4n) is 2.57. The van der Waals surface area contributed by atoms with Gasteiger partial charge in [-0.1, -0.05) is 20.3 Å². The average molecular weight is 277 g/mol. The molecule has 2 heterocycles. The van der Waals surface area contributed by atoms with Crippen LogP contribution in [-0.2, 0) is 6.42 Å².